The number of amides is 2. The minimum absolute atomic E-state index is 0.0630. The van der Waals surface area contributed by atoms with Gasteiger partial charge < -0.3 is 0 Å². The molecule has 2 heterocycles. The van der Waals surface area contributed by atoms with Gasteiger partial charge in [-0.15, -0.1) is 0 Å². The Morgan fingerprint density at radius 1 is 1.22 bits per heavy atom. The smallest absolute Gasteiger partial charge is 0.255 e. The van der Waals surface area contributed by atoms with Crippen LogP contribution in [0.25, 0.3) is 0 Å². The first-order valence-electron chi connectivity index (χ1n) is 6.83. The average Bonchev–Trinajstić information content (AvgIpc) is 2.37. The van der Waals surface area contributed by atoms with Crippen molar-refractivity contribution in [3.8, 4) is 0 Å². The number of rotatable bonds is 2. The lowest BCUT2D eigenvalue weighted by Crippen LogP contribution is -2.56. The molecule has 0 aromatic rings. The van der Waals surface area contributed by atoms with E-state index < -0.39 is 0 Å². The van der Waals surface area contributed by atoms with E-state index in [1.165, 1.54) is 0 Å². The minimum Gasteiger partial charge on any atom is -0.285 e. The third-order valence-corrected chi connectivity index (χ3v) is 3.55. The standard InChI is InChI=1S/C13H23N3O2/c1-10(2)7-14-8-12(17)15-6-4-5-11(3)16(15)13(18)9-14/h10-11H,4-9H2,1-3H3. The van der Waals surface area contributed by atoms with Gasteiger partial charge in [0.25, 0.3) is 11.8 Å². The molecular weight excluding hydrogens is 230 g/mol. The van der Waals surface area contributed by atoms with Crippen molar-refractivity contribution < 1.29 is 9.59 Å². The van der Waals surface area contributed by atoms with E-state index >= 15 is 0 Å². The number of fused-ring (bicyclic) bond motifs is 1. The van der Waals surface area contributed by atoms with Crippen LogP contribution in [-0.2, 0) is 9.59 Å². The number of hydrazine groups is 1. The molecular formula is C13H23N3O2. The lowest BCUT2D eigenvalue weighted by molar-refractivity contribution is -0.169. The molecule has 18 heavy (non-hydrogen) atoms. The molecule has 2 saturated heterocycles. The molecule has 5 heteroatoms. The van der Waals surface area contributed by atoms with E-state index in [0.717, 1.165) is 19.4 Å². The molecule has 0 bridgehead atoms. The van der Waals surface area contributed by atoms with Crippen molar-refractivity contribution in [1.29, 1.82) is 0 Å². The number of hydrogen-bond acceptors (Lipinski definition) is 3. The third kappa shape index (κ3) is 2.66. The lowest BCUT2D eigenvalue weighted by Gasteiger charge is -2.41. The van der Waals surface area contributed by atoms with Crippen molar-refractivity contribution in [2.75, 3.05) is 26.2 Å². The van der Waals surface area contributed by atoms with Crippen LogP contribution in [0.4, 0.5) is 0 Å². The Balaban J connectivity index is 2.16. The number of hydrogen-bond donors (Lipinski definition) is 0. The largest absolute Gasteiger partial charge is 0.285 e. The molecule has 2 aliphatic rings. The van der Waals surface area contributed by atoms with Gasteiger partial charge in [-0.25, -0.2) is 5.01 Å². The number of carbonyl (C=O) groups is 2. The maximum Gasteiger partial charge on any atom is 0.255 e. The lowest BCUT2D eigenvalue weighted by atomic mass is 10.1. The van der Waals surface area contributed by atoms with Gasteiger partial charge in [0.15, 0.2) is 0 Å². The molecule has 0 saturated carbocycles. The monoisotopic (exact) mass is 253 g/mol. The first-order chi connectivity index (χ1) is 8.49. The zero-order chi connectivity index (χ0) is 13.3. The van der Waals surface area contributed by atoms with Crippen LogP contribution >= 0.6 is 0 Å². The molecule has 0 radical (unpaired) electrons. The highest BCUT2D eigenvalue weighted by molar-refractivity contribution is 5.87. The topological polar surface area (TPSA) is 43.9 Å². The van der Waals surface area contributed by atoms with Crippen molar-refractivity contribution >= 4 is 11.8 Å². The minimum atomic E-state index is 0.0630. The van der Waals surface area contributed by atoms with Crippen LogP contribution in [-0.4, -0.2) is 59.0 Å². The van der Waals surface area contributed by atoms with Crippen molar-refractivity contribution in [3.63, 3.8) is 0 Å². The normalized spacial score (nSPS) is 26.6. The molecule has 1 atom stereocenters. The zero-order valence-electron chi connectivity index (χ0n) is 11.6. The highest BCUT2D eigenvalue weighted by Crippen LogP contribution is 2.21. The summed E-state index contributed by atoms with van der Waals surface area (Å²) in [6.07, 6.45) is 1.97. The van der Waals surface area contributed by atoms with Crippen molar-refractivity contribution in [3.05, 3.63) is 0 Å². The second kappa shape index (κ2) is 5.26. The summed E-state index contributed by atoms with van der Waals surface area (Å²) in [5, 5.41) is 3.35. The Morgan fingerprint density at radius 3 is 2.56 bits per heavy atom. The molecule has 0 aliphatic carbocycles. The van der Waals surface area contributed by atoms with Gasteiger partial charge >= 0.3 is 0 Å². The second-order valence-corrected chi connectivity index (χ2v) is 5.81. The quantitative estimate of drug-likeness (QED) is 0.728. The summed E-state index contributed by atoms with van der Waals surface area (Å²) in [6.45, 7) is 8.46. The Bertz CT molecular complexity index is 343. The first-order valence-corrected chi connectivity index (χ1v) is 6.83. The number of carbonyl (C=O) groups excluding carboxylic acids is 2. The Labute approximate surface area is 109 Å². The van der Waals surface area contributed by atoms with Crippen LogP contribution < -0.4 is 0 Å². The van der Waals surface area contributed by atoms with E-state index in [9.17, 15) is 9.59 Å². The highest BCUT2D eigenvalue weighted by Gasteiger charge is 2.37. The van der Waals surface area contributed by atoms with Crippen LogP contribution in [0.3, 0.4) is 0 Å². The zero-order valence-corrected chi connectivity index (χ0v) is 11.6. The van der Waals surface area contributed by atoms with Crippen LogP contribution in [0.15, 0.2) is 0 Å². The van der Waals surface area contributed by atoms with E-state index in [4.69, 9.17) is 0 Å². The predicted octanol–water partition coefficient (Wildman–Crippen LogP) is 0.712. The van der Waals surface area contributed by atoms with Gasteiger partial charge in [0.05, 0.1) is 19.1 Å². The van der Waals surface area contributed by atoms with Gasteiger partial charge in [0, 0.05) is 13.1 Å². The summed E-state index contributed by atoms with van der Waals surface area (Å²) >= 11 is 0. The van der Waals surface area contributed by atoms with Crippen molar-refractivity contribution in [2.24, 2.45) is 5.92 Å². The summed E-state index contributed by atoms with van der Waals surface area (Å²) in [6, 6.07) is 0.147. The van der Waals surface area contributed by atoms with Gasteiger partial charge in [0.2, 0.25) is 0 Å². The van der Waals surface area contributed by atoms with E-state index in [-0.39, 0.29) is 17.9 Å². The first kappa shape index (κ1) is 13.3. The SMILES string of the molecule is CC(C)CN1CC(=O)N2CCCC(C)N2C(=O)C1. The molecule has 0 spiro atoms. The average molecular weight is 253 g/mol. The highest BCUT2D eigenvalue weighted by atomic mass is 16.2. The Morgan fingerprint density at radius 2 is 1.89 bits per heavy atom. The van der Waals surface area contributed by atoms with E-state index in [1.54, 1.807) is 10.0 Å². The summed E-state index contributed by atoms with van der Waals surface area (Å²) < 4.78 is 0. The van der Waals surface area contributed by atoms with E-state index in [1.807, 2.05) is 11.8 Å². The summed E-state index contributed by atoms with van der Waals surface area (Å²) in [5.74, 6) is 0.593. The molecule has 2 fully saturated rings. The van der Waals surface area contributed by atoms with E-state index in [0.29, 0.717) is 25.6 Å². The molecule has 0 N–H and O–H groups in total. The predicted molar refractivity (Wildman–Crippen MR) is 68.5 cm³/mol. The Hall–Kier alpha value is -1.10. The summed E-state index contributed by atoms with van der Waals surface area (Å²) in [4.78, 5) is 26.5. The fourth-order valence-electron chi connectivity index (χ4n) is 2.87. The number of nitrogens with zero attached hydrogens (tertiary/aromatic N) is 3. The van der Waals surface area contributed by atoms with Crippen LogP contribution in [0, 0.1) is 5.92 Å². The van der Waals surface area contributed by atoms with Gasteiger partial charge in [-0.3, -0.25) is 19.5 Å². The van der Waals surface area contributed by atoms with Gasteiger partial charge in [-0.05, 0) is 25.7 Å². The van der Waals surface area contributed by atoms with E-state index in [2.05, 4.69) is 13.8 Å². The molecule has 5 nitrogen and oxygen atoms in total. The molecule has 0 aromatic heterocycles. The molecule has 0 aromatic carbocycles. The van der Waals surface area contributed by atoms with Crippen LogP contribution in [0.2, 0.25) is 0 Å². The maximum absolute atomic E-state index is 12.3. The van der Waals surface area contributed by atoms with Crippen LogP contribution in [0.1, 0.15) is 33.6 Å². The van der Waals surface area contributed by atoms with Crippen molar-refractivity contribution in [1.82, 2.24) is 14.9 Å². The molecule has 2 aliphatic heterocycles. The van der Waals surface area contributed by atoms with Gasteiger partial charge in [-0.2, -0.15) is 0 Å². The summed E-state index contributed by atoms with van der Waals surface area (Å²) in [5.41, 5.74) is 0. The van der Waals surface area contributed by atoms with Crippen LogP contribution in [0.5, 0.6) is 0 Å². The van der Waals surface area contributed by atoms with Gasteiger partial charge in [0.1, 0.15) is 0 Å². The maximum atomic E-state index is 12.3. The second-order valence-electron chi connectivity index (χ2n) is 5.81. The molecule has 2 rings (SSSR count). The Kier molecular flexibility index (Phi) is 3.90. The molecule has 2 amide bonds. The summed E-state index contributed by atoms with van der Waals surface area (Å²) in [7, 11) is 0. The molecule has 1 unspecified atom stereocenters. The van der Waals surface area contributed by atoms with Crippen molar-refractivity contribution in [2.45, 2.75) is 39.7 Å². The third-order valence-electron chi connectivity index (χ3n) is 3.55. The molecule has 102 valence electrons. The fourth-order valence-corrected chi connectivity index (χ4v) is 2.87. The van der Waals surface area contributed by atoms with Gasteiger partial charge in [-0.1, -0.05) is 13.8 Å². The fraction of sp³-hybridized carbons (Fsp3) is 0.846.